The normalized spacial score (nSPS) is 14.2. The Morgan fingerprint density at radius 1 is 1.28 bits per heavy atom. The first-order valence-corrected chi connectivity index (χ1v) is 9.59. The minimum absolute atomic E-state index is 0.113. The van der Waals surface area contributed by atoms with Crippen LogP contribution in [0.2, 0.25) is 0 Å². The van der Waals surface area contributed by atoms with Crippen LogP contribution in [0.25, 0.3) is 0 Å². The number of primary sulfonamides is 1. The van der Waals surface area contributed by atoms with Gasteiger partial charge >= 0.3 is 0 Å². The van der Waals surface area contributed by atoms with Crippen LogP contribution in [0.5, 0.6) is 0 Å². The van der Waals surface area contributed by atoms with Crippen molar-refractivity contribution >= 4 is 21.8 Å². The second-order valence-corrected chi connectivity index (χ2v) is 7.45. The molecule has 0 fully saturated rings. The molecule has 1 aliphatic heterocycles. The van der Waals surface area contributed by atoms with Crippen molar-refractivity contribution in [3.8, 4) is 0 Å². The van der Waals surface area contributed by atoms with Crippen LogP contribution in [0.15, 0.2) is 35.4 Å². The van der Waals surface area contributed by atoms with Gasteiger partial charge in [0.15, 0.2) is 0 Å². The largest absolute Gasteiger partial charge is 0.396 e. The molecule has 1 aromatic heterocycles. The highest BCUT2D eigenvalue weighted by Crippen LogP contribution is 2.25. The van der Waals surface area contributed by atoms with Gasteiger partial charge in [-0.05, 0) is 42.2 Å². The smallest absolute Gasteiger partial charge is 0.238 e. The van der Waals surface area contributed by atoms with E-state index in [1.165, 1.54) is 0 Å². The Balaban J connectivity index is 1.79. The molecule has 0 spiro atoms. The van der Waals surface area contributed by atoms with Gasteiger partial charge in [0.25, 0.3) is 0 Å². The molecule has 25 heavy (non-hydrogen) atoms. The minimum atomic E-state index is -3.71. The first-order valence-electron chi connectivity index (χ1n) is 8.05. The number of aromatic nitrogens is 2. The van der Waals surface area contributed by atoms with Gasteiger partial charge in [-0.15, -0.1) is 0 Å². The van der Waals surface area contributed by atoms with E-state index in [-0.39, 0.29) is 11.5 Å². The molecule has 0 radical (unpaired) electrons. The zero-order valence-electron chi connectivity index (χ0n) is 13.7. The summed E-state index contributed by atoms with van der Waals surface area (Å²) in [5.41, 5.74) is 2.06. The lowest BCUT2D eigenvalue weighted by atomic mass is 10.00. The highest BCUT2D eigenvalue weighted by molar-refractivity contribution is 7.89. The molecule has 3 rings (SSSR count). The summed E-state index contributed by atoms with van der Waals surface area (Å²) in [6.07, 6.45) is 3.11. The summed E-state index contributed by atoms with van der Waals surface area (Å²) in [6.45, 7) is 2.06. The van der Waals surface area contributed by atoms with Crippen molar-refractivity contribution in [2.24, 2.45) is 5.14 Å². The van der Waals surface area contributed by atoms with E-state index < -0.39 is 10.0 Å². The maximum Gasteiger partial charge on any atom is 0.238 e. The van der Waals surface area contributed by atoms with E-state index in [1.54, 1.807) is 18.3 Å². The van der Waals surface area contributed by atoms with Gasteiger partial charge in [0.2, 0.25) is 16.0 Å². The average molecular weight is 363 g/mol. The van der Waals surface area contributed by atoms with E-state index in [1.807, 2.05) is 12.1 Å². The van der Waals surface area contributed by atoms with Crippen molar-refractivity contribution in [3.63, 3.8) is 0 Å². The van der Waals surface area contributed by atoms with E-state index >= 15 is 0 Å². The maximum absolute atomic E-state index is 11.6. The fourth-order valence-corrected chi connectivity index (χ4v) is 3.36. The molecular weight excluding hydrogens is 342 g/mol. The zero-order valence-corrected chi connectivity index (χ0v) is 14.5. The summed E-state index contributed by atoms with van der Waals surface area (Å²) in [4.78, 5) is 10.9. The summed E-state index contributed by atoms with van der Waals surface area (Å²) in [7, 11) is -3.71. The molecule has 2 heterocycles. The Kier molecular flexibility index (Phi) is 5.16. The monoisotopic (exact) mass is 363 g/mol. The van der Waals surface area contributed by atoms with Gasteiger partial charge in [-0.25, -0.2) is 18.5 Å². The van der Waals surface area contributed by atoms with Crippen LogP contribution in [0.4, 0.5) is 11.8 Å². The number of hydrogen-bond acceptors (Lipinski definition) is 7. The quantitative estimate of drug-likeness (QED) is 0.638. The summed E-state index contributed by atoms with van der Waals surface area (Å²) in [5.74, 6) is 1.28. The third-order valence-electron chi connectivity index (χ3n) is 4.10. The van der Waals surface area contributed by atoms with Crippen LogP contribution in [-0.4, -0.2) is 43.2 Å². The summed E-state index contributed by atoms with van der Waals surface area (Å²) in [5, 5.41) is 17.1. The van der Waals surface area contributed by atoms with E-state index in [4.69, 9.17) is 10.2 Å². The lowest BCUT2D eigenvalue weighted by Crippen LogP contribution is -2.31. The number of nitrogens with zero attached hydrogens (tertiary/aromatic N) is 3. The lowest BCUT2D eigenvalue weighted by Gasteiger charge is -2.30. The zero-order chi connectivity index (χ0) is 17.9. The molecular formula is C16H21N5O3S. The number of hydrogen-bond donors (Lipinski definition) is 3. The molecule has 8 nitrogen and oxygen atoms in total. The van der Waals surface area contributed by atoms with E-state index in [0.29, 0.717) is 25.5 Å². The van der Waals surface area contributed by atoms with Crippen molar-refractivity contribution < 1.29 is 13.5 Å². The molecule has 134 valence electrons. The molecule has 0 atom stereocenters. The van der Waals surface area contributed by atoms with Crippen molar-refractivity contribution in [2.45, 2.75) is 24.3 Å². The van der Waals surface area contributed by atoms with Gasteiger partial charge in [-0.1, -0.05) is 6.07 Å². The first kappa shape index (κ1) is 17.6. The van der Waals surface area contributed by atoms with Crippen LogP contribution in [0.3, 0.4) is 0 Å². The average Bonchev–Trinajstić information content (AvgIpc) is 2.60. The maximum atomic E-state index is 11.6. The van der Waals surface area contributed by atoms with E-state index in [0.717, 1.165) is 29.9 Å². The Bertz CT molecular complexity index is 857. The third kappa shape index (κ3) is 4.25. The Labute approximate surface area is 146 Å². The fourth-order valence-electron chi connectivity index (χ4n) is 2.80. The number of aliphatic hydroxyl groups excluding tert-OH is 1. The van der Waals surface area contributed by atoms with Crippen molar-refractivity contribution in [2.75, 3.05) is 29.9 Å². The number of rotatable bonds is 6. The van der Waals surface area contributed by atoms with Gasteiger partial charge in [0, 0.05) is 32.4 Å². The van der Waals surface area contributed by atoms with Crippen LogP contribution in [0.1, 0.15) is 17.5 Å². The number of nitrogens with one attached hydrogen (secondary N) is 1. The highest BCUT2D eigenvalue weighted by atomic mass is 32.2. The topological polar surface area (TPSA) is 121 Å². The van der Waals surface area contributed by atoms with E-state index in [9.17, 15) is 8.42 Å². The van der Waals surface area contributed by atoms with Crippen molar-refractivity contribution in [1.82, 2.24) is 9.97 Å². The van der Waals surface area contributed by atoms with Crippen LogP contribution in [-0.2, 0) is 23.0 Å². The Morgan fingerprint density at radius 3 is 2.88 bits per heavy atom. The lowest BCUT2D eigenvalue weighted by molar-refractivity contribution is 0.292. The second-order valence-electron chi connectivity index (χ2n) is 5.89. The van der Waals surface area contributed by atoms with Gasteiger partial charge in [-0.2, -0.15) is 4.98 Å². The van der Waals surface area contributed by atoms with Crippen LogP contribution in [0, 0.1) is 0 Å². The van der Waals surface area contributed by atoms with Gasteiger partial charge in [-0.3, -0.25) is 0 Å². The molecule has 1 aliphatic rings. The molecule has 0 saturated carbocycles. The van der Waals surface area contributed by atoms with Gasteiger partial charge in [0.05, 0.1) is 4.90 Å². The number of anilines is 2. The van der Waals surface area contributed by atoms with E-state index in [2.05, 4.69) is 20.2 Å². The Hall–Kier alpha value is -2.23. The summed E-state index contributed by atoms with van der Waals surface area (Å²) >= 11 is 0. The van der Waals surface area contributed by atoms with Gasteiger partial charge < -0.3 is 15.3 Å². The highest BCUT2D eigenvalue weighted by Gasteiger charge is 2.20. The molecule has 0 unspecified atom stereocenters. The van der Waals surface area contributed by atoms with Crippen LogP contribution >= 0.6 is 0 Å². The minimum Gasteiger partial charge on any atom is -0.396 e. The predicted molar refractivity (Wildman–Crippen MR) is 94.8 cm³/mol. The molecule has 0 bridgehead atoms. The number of nitrogens with two attached hydrogens (primary N) is 1. The van der Waals surface area contributed by atoms with Crippen molar-refractivity contribution in [3.05, 3.63) is 41.6 Å². The number of benzene rings is 1. The number of fused-ring (bicyclic) bond motifs is 1. The molecule has 2 aromatic rings. The number of aliphatic hydroxyl groups is 1. The Morgan fingerprint density at radius 2 is 2.12 bits per heavy atom. The number of sulfonamides is 1. The van der Waals surface area contributed by atoms with Crippen LogP contribution < -0.4 is 15.4 Å². The molecule has 0 amide bonds. The molecule has 1 aromatic carbocycles. The molecule has 0 aliphatic carbocycles. The molecule has 4 N–H and O–H groups in total. The van der Waals surface area contributed by atoms with Crippen molar-refractivity contribution in [1.29, 1.82) is 0 Å². The summed E-state index contributed by atoms with van der Waals surface area (Å²) in [6, 6.07) is 6.84. The standard InChI is InChI=1S/C16H21N5O3S/c17-25(23,24)14-3-2-12-5-8-21(11-13(12)10-14)15-4-7-19-16(20-15)18-6-1-9-22/h2-4,7,10,22H,1,5-6,8-9,11H2,(H2,17,23,24)(H,18,19,20). The predicted octanol–water partition coefficient (Wildman–Crippen LogP) is 0.481. The third-order valence-corrected chi connectivity index (χ3v) is 5.01. The first-order chi connectivity index (χ1) is 12.0. The van der Waals surface area contributed by atoms with Gasteiger partial charge in [0.1, 0.15) is 5.82 Å². The summed E-state index contributed by atoms with van der Waals surface area (Å²) < 4.78 is 23.1. The SMILES string of the molecule is NS(=O)(=O)c1ccc2c(c1)CN(c1ccnc(NCCCO)n1)CC2. The fraction of sp³-hybridized carbons (Fsp3) is 0.375. The molecule has 0 saturated heterocycles. The second kappa shape index (κ2) is 7.34. The molecule has 9 heteroatoms.